The molecule has 0 spiro atoms. The molecule has 1 aliphatic rings. The number of amides is 1. The first-order valence-corrected chi connectivity index (χ1v) is 7.62. The van der Waals surface area contributed by atoms with E-state index in [1.54, 1.807) is 0 Å². The Bertz CT molecular complexity index is 672. The van der Waals surface area contributed by atoms with E-state index in [4.69, 9.17) is 5.73 Å². The Morgan fingerprint density at radius 2 is 2.10 bits per heavy atom. The van der Waals surface area contributed by atoms with Crippen LogP contribution in [0.3, 0.4) is 0 Å². The number of nitrogens with zero attached hydrogens (tertiary/aromatic N) is 1. The second kappa shape index (κ2) is 5.10. The van der Waals surface area contributed by atoms with Gasteiger partial charge in [0.2, 0.25) is 0 Å². The maximum atomic E-state index is 12.8. The van der Waals surface area contributed by atoms with E-state index in [-0.39, 0.29) is 5.91 Å². The molecular weight excluding hydrogens is 262 g/mol. The molecule has 0 saturated carbocycles. The van der Waals surface area contributed by atoms with E-state index < -0.39 is 0 Å². The number of anilines is 1. The Morgan fingerprint density at radius 3 is 2.90 bits per heavy atom. The minimum atomic E-state index is 0.128. The predicted octanol–water partition coefficient (Wildman–Crippen LogP) is 3.40. The van der Waals surface area contributed by atoms with Crippen LogP contribution in [0.2, 0.25) is 0 Å². The number of nitrogens with one attached hydrogen (secondary N) is 1. The van der Waals surface area contributed by atoms with E-state index in [9.17, 15) is 4.79 Å². The summed E-state index contributed by atoms with van der Waals surface area (Å²) in [4.78, 5) is 17.9. The summed E-state index contributed by atoms with van der Waals surface area (Å²) in [5, 5.41) is 0.956. The fourth-order valence-corrected chi connectivity index (χ4v) is 3.12. The summed E-state index contributed by atoms with van der Waals surface area (Å²) in [6.07, 6.45) is 5.13. The number of nitrogens with two attached hydrogens (primary N) is 1. The van der Waals surface area contributed by atoms with Crippen molar-refractivity contribution in [3.63, 3.8) is 0 Å². The van der Waals surface area contributed by atoms with Crippen molar-refractivity contribution in [3.8, 4) is 0 Å². The van der Waals surface area contributed by atoms with Gasteiger partial charge in [0.25, 0.3) is 5.91 Å². The first-order valence-electron chi connectivity index (χ1n) is 7.62. The average molecular weight is 285 g/mol. The Kier molecular flexibility index (Phi) is 3.40. The number of carbonyl (C=O) groups excluding carboxylic acids is 1. The first kappa shape index (κ1) is 14.0. The number of hydrogen-bond acceptors (Lipinski definition) is 2. The van der Waals surface area contributed by atoms with Gasteiger partial charge in [0, 0.05) is 35.9 Å². The highest BCUT2D eigenvalue weighted by Gasteiger charge is 2.26. The van der Waals surface area contributed by atoms with Gasteiger partial charge >= 0.3 is 0 Å². The van der Waals surface area contributed by atoms with Gasteiger partial charge in [-0.25, -0.2) is 0 Å². The van der Waals surface area contributed by atoms with E-state index in [1.165, 1.54) is 6.42 Å². The van der Waals surface area contributed by atoms with Crippen LogP contribution in [0, 0.1) is 5.41 Å². The highest BCUT2D eigenvalue weighted by Crippen LogP contribution is 2.31. The molecule has 1 amide bonds. The van der Waals surface area contributed by atoms with Crippen molar-refractivity contribution in [2.24, 2.45) is 5.41 Å². The summed E-state index contributed by atoms with van der Waals surface area (Å²) in [6, 6.07) is 5.65. The van der Waals surface area contributed by atoms with Crippen LogP contribution in [0.4, 0.5) is 5.69 Å². The molecule has 1 aliphatic heterocycles. The van der Waals surface area contributed by atoms with Crippen LogP contribution in [0.15, 0.2) is 24.4 Å². The summed E-state index contributed by atoms with van der Waals surface area (Å²) in [5.74, 6) is 0.128. The molecule has 0 bridgehead atoms. The van der Waals surface area contributed by atoms with Crippen LogP contribution >= 0.6 is 0 Å². The minimum Gasteiger partial charge on any atom is -0.399 e. The van der Waals surface area contributed by atoms with Crippen LogP contribution in [0.1, 0.15) is 43.5 Å². The highest BCUT2D eigenvalue weighted by molar-refractivity contribution is 6.07. The van der Waals surface area contributed by atoms with Crippen molar-refractivity contribution in [2.45, 2.75) is 33.1 Å². The second-order valence-corrected chi connectivity index (χ2v) is 6.82. The molecule has 3 N–H and O–H groups in total. The summed E-state index contributed by atoms with van der Waals surface area (Å²) in [5.41, 5.74) is 8.51. The number of likely N-dealkylation sites (tertiary alicyclic amines) is 1. The van der Waals surface area contributed by atoms with Gasteiger partial charge in [-0.2, -0.15) is 0 Å². The largest absolute Gasteiger partial charge is 0.399 e. The fourth-order valence-electron chi connectivity index (χ4n) is 3.12. The number of H-pyrrole nitrogens is 1. The standard InChI is InChI=1S/C17H23N3O/c1-17(2)6-3-8-20(9-7-17)16(21)14-11-19-15-10-12(18)4-5-13(14)15/h4-5,10-11,19H,3,6-9,18H2,1-2H3. The molecule has 1 fully saturated rings. The zero-order chi connectivity index (χ0) is 15.0. The smallest absolute Gasteiger partial charge is 0.256 e. The van der Waals surface area contributed by atoms with Gasteiger partial charge in [-0.1, -0.05) is 13.8 Å². The van der Waals surface area contributed by atoms with Crippen LogP contribution in [-0.4, -0.2) is 28.9 Å². The lowest BCUT2D eigenvalue weighted by Gasteiger charge is -2.23. The number of nitrogen functional groups attached to an aromatic ring is 1. The lowest BCUT2D eigenvalue weighted by molar-refractivity contribution is 0.0759. The Hall–Kier alpha value is -1.97. The van der Waals surface area contributed by atoms with E-state index >= 15 is 0 Å². The number of hydrogen-bond donors (Lipinski definition) is 2. The number of fused-ring (bicyclic) bond motifs is 1. The molecule has 0 aliphatic carbocycles. The normalized spacial score (nSPS) is 18.7. The van der Waals surface area contributed by atoms with E-state index in [1.807, 2.05) is 29.3 Å². The molecule has 21 heavy (non-hydrogen) atoms. The van der Waals surface area contributed by atoms with Crippen LogP contribution in [0.25, 0.3) is 10.9 Å². The van der Waals surface area contributed by atoms with Crippen molar-refractivity contribution in [1.29, 1.82) is 0 Å². The zero-order valence-electron chi connectivity index (χ0n) is 12.8. The maximum absolute atomic E-state index is 12.8. The Balaban J connectivity index is 1.87. The van der Waals surface area contributed by atoms with Gasteiger partial charge < -0.3 is 15.6 Å². The summed E-state index contributed by atoms with van der Waals surface area (Å²) >= 11 is 0. The third-order valence-electron chi connectivity index (χ3n) is 4.56. The molecule has 3 rings (SSSR count). The first-order chi connectivity index (χ1) is 9.96. The topological polar surface area (TPSA) is 62.1 Å². The summed E-state index contributed by atoms with van der Waals surface area (Å²) < 4.78 is 0. The van der Waals surface area contributed by atoms with Gasteiger partial charge in [0.1, 0.15) is 0 Å². The SMILES string of the molecule is CC1(C)CCCN(C(=O)c2c[nH]c3cc(N)ccc23)CC1. The number of benzene rings is 1. The van der Waals surface area contributed by atoms with Gasteiger partial charge in [0.15, 0.2) is 0 Å². The Labute approximate surface area is 125 Å². The molecule has 0 unspecified atom stereocenters. The summed E-state index contributed by atoms with van der Waals surface area (Å²) in [7, 11) is 0. The number of aromatic amines is 1. The van der Waals surface area contributed by atoms with Gasteiger partial charge in [0.05, 0.1) is 5.56 Å². The third-order valence-corrected chi connectivity index (χ3v) is 4.56. The number of carbonyl (C=O) groups is 1. The monoisotopic (exact) mass is 285 g/mol. The van der Waals surface area contributed by atoms with E-state index in [0.29, 0.717) is 11.1 Å². The van der Waals surface area contributed by atoms with Crippen LogP contribution in [-0.2, 0) is 0 Å². The lowest BCUT2D eigenvalue weighted by atomic mass is 9.85. The molecule has 1 saturated heterocycles. The van der Waals surface area contributed by atoms with Gasteiger partial charge in [-0.3, -0.25) is 4.79 Å². The highest BCUT2D eigenvalue weighted by atomic mass is 16.2. The molecular formula is C17H23N3O. The van der Waals surface area contributed by atoms with Crippen LogP contribution < -0.4 is 5.73 Å². The van der Waals surface area contributed by atoms with Gasteiger partial charge in [-0.15, -0.1) is 0 Å². The van der Waals surface area contributed by atoms with Gasteiger partial charge in [-0.05, 0) is 42.9 Å². The molecule has 0 atom stereocenters. The molecule has 2 heterocycles. The van der Waals surface area contributed by atoms with E-state index in [2.05, 4.69) is 18.8 Å². The van der Waals surface area contributed by atoms with Crippen molar-refractivity contribution < 1.29 is 4.79 Å². The summed E-state index contributed by atoms with van der Waals surface area (Å²) in [6.45, 7) is 6.27. The quantitative estimate of drug-likeness (QED) is 0.789. The van der Waals surface area contributed by atoms with Crippen molar-refractivity contribution >= 4 is 22.5 Å². The molecule has 4 heteroatoms. The maximum Gasteiger partial charge on any atom is 0.256 e. The van der Waals surface area contributed by atoms with Crippen molar-refractivity contribution in [3.05, 3.63) is 30.0 Å². The minimum absolute atomic E-state index is 0.128. The fraction of sp³-hybridized carbons (Fsp3) is 0.471. The molecule has 1 aromatic heterocycles. The second-order valence-electron chi connectivity index (χ2n) is 6.82. The van der Waals surface area contributed by atoms with Crippen molar-refractivity contribution in [2.75, 3.05) is 18.8 Å². The molecule has 2 aromatic rings. The lowest BCUT2D eigenvalue weighted by Crippen LogP contribution is -2.32. The van der Waals surface area contributed by atoms with Crippen LogP contribution in [0.5, 0.6) is 0 Å². The molecule has 112 valence electrons. The van der Waals surface area contributed by atoms with Crippen molar-refractivity contribution in [1.82, 2.24) is 9.88 Å². The molecule has 0 radical (unpaired) electrons. The Morgan fingerprint density at radius 1 is 1.29 bits per heavy atom. The zero-order valence-corrected chi connectivity index (χ0v) is 12.8. The number of aromatic nitrogens is 1. The molecule has 4 nitrogen and oxygen atoms in total. The third kappa shape index (κ3) is 2.75. The predicted molar refractivity (Wildman–Crippen MR) is 86.2 cm³/mol. The molecule has 1 aromatic carbocycles. The average Bonchev–Trinajstić information content (AvgIpc) is 2.75. The number of rotatable bonds is 1. The van der Waals surface area contributed by atoms with E-state index in [0.717, 1.165) is 42.4 Å².